The van der Waals surface area contributed by atoms with Crippen molar-refractivity contribution in [1.29, 1.82) is 0 Å². The molecule has 3 atom stereocenters. The third kappa shape index (κ3) is 5.70. The van der Waals surface area contributed by atoms with E-state index in [2.05, 4.69) is 48.1 Å². The van der Waals surface area contributed by atoms with E-state index in [4.69, 9.17) is 0 Å². The van der Waals surface area contributed by atoms with Crippen molar-refractivity contribution in [2.45, 2.75) is 89.4 Å². The first-order valence-electron chi connectivity index (χ1n) is 12.5. The van der Waals surface area contributed by atoms with Crippen molar-refractivity contribution < 1.29 is 19.4 Å². The minimum Gasteiger partial charge on any atom is -0.469 e. The Morgan fingerprint density at radius 2 is 2.12 bits per heavy atom. The molecule has 2 aliphatic carbocycles. The molecular formula is C28H40O4. The van der Waals surface area contributed by atoms with Crippen LogP contribution in [0.1, 0.15) is 101 Å². The highest BCUT2D eigenvalue weighted by molar-refractivity contribution is 5.84. The first-order chi connectivity index (χ1) is 15.5. The Morgan fingerprint density at radius 1 is 1.31 bits per heavy atom. The van der Waals surface area contributed by atoms with E-state index in [0.717, 1.165) is 32.1 Å². The van der Waals surface area contributed by atoms with Gasteiger partial charge in [0.25, 0.3) is 0 Å². The molecule has 2 saturated carbocycles. The highest BCUT2D eigenvalue weighted by Gasteiger charge is 2.43. The number of unbranched alkanes of at least 4 members (excludes halogenated alkanes) is 1. The number of benzene rings is 1. The summed E-state index contributed by atoms with van der Waals surface area (Å²) in [6, 6.07) is 8.75. The molecule has 1 N–H and O–H groups in total. The number of allylic oxidation sites excluding steroid dienone is 2. The molecule has 176 valence electrons. The van der Waals surface area contributed by atoms with Gasteiger partial charge >= 0.3 is 5.97 Å². The number of carbonyl (C=O) groups is 2. The zero-order valence-corrected chi connectivity index (χ0v) is 19.9. The lowest BCUT2D eigenvalue weighted by Gasteiger charge is -2.48. The molecule has 0 amide bonds. The van der Waals surface area contributed by atoms with Crippen LogP contribution in [-0.4, -0.2) is 30.6 Å². The lowest BCUT2D eigenvalue weighted by atomic mass is 9.57. The molecule has 0 aromatic heterocycles. The lowest BCUT2D eigenvalue weighted by Crippen LogP contribution is -2.37. The van der Waals surface area contributed by atoms with Crippen molar-refractivity contribution >= 4 is 11.8 Å². The largest absolute Gasteiger partial charge is 0.469 e. The topological polar surface area (TPSA) is 63.6 Å². The fourth-order valence-electron chi connectivity index (χ4n) is 5.99. The first-order valence-corrected chi connectivity index (χ1v) is 12.5. The molecule has 32 heavy (non-hydrogen) atoms. The SMILES string of the molecule is CCCC1(C(CO)c2cccc([C@H]3CCC(=O)[C@@H]3C/C=C\CCCC(=O)OC)c2)CCC1. The summed E-state index contributed by atoms with van der Waals surface area (Å²) in [6.45, 7) is 2.44. The number of carbonyl (C=O) groups excluding carboxylic acids is 2. The molecule has 0 saturated heterocycles. The Bertz CT molecular complexity index is 792. The Kier molecular flexibility index (Phi) is 9.10. The molecule has 0 radical (unpaired) electrons. The summed E-state index contributed by atoms with van der Waals surface area (Å²) < 4.78 is 4.67. The fraction of sp³-hybridized carbons (Fsp3) is 0.643. The summed E-state index contributed by atoms with van der Waals surface area (Å²) in [5.41, 5.74) is 2.75. The van der Waals surface area contributed by atoms with Gasteiger partial charge in [-0.05, 0) is 67.4 Å². The maximum atomic E-state index is 12.6. The van der Waals surface area contributed by atoms with Crippen molar-refractivity contribution in [3.63, 3.8) is 0 Å². The van der Waals surface area contributed by atoms with E-state index in [9.17, 15) is 14.7 Å². The quantitative estimate of drug-likeness (QED) is 0.243. The van der Waals surface area contributed by atoms with E-state index in [1.54, 1.807) is 0 Å². The molecular weight excluding hydrogens is 400 g/mol. The van der Waals surface area contributed by atoms with Crippen molar-refractivity contribution in [1.82, 2.24) is 0 Å². The van der Waals surface area contributed by atoms with Crippen LogP contribution < -0.4 is 0 Å². The highest BCUT2D eigenvalue weighted by atomic mass is 16.5. The molecule has 0 heterocycles. The van der Waals surface area contributed by atoms with E-state index >= 15 is 0 Å². The maximum Gasteiger partial charge on any atom is 0.305 e. The number of hydrogen-bond acceptors (Lipinski definition) is 4. The smallest absolute Gasteiger partial charge is 0.305 e. The first kappa shape index (κ1) is 24.7. The Hall–Kier alpha value is -1.94. The summed E-state index contributed by atoms with van der Waals surface area (Å²) in [5, 5.41) is 10.3. The van der Waals surface area contributed by atoms with E-state index in [0.29, 0.717) is 18.6 Å². The van der Waals surface area contributed by atoms with Gasteiger partial charge in [-0.15, -0.1) is 0 Å². The van der Waals surface area contributed by atoms with Crippen LogP contribution in [0.2, 0.25) is 0 Å². The van der Waals surface area contributed by atoms with Gasteiger partial charge in [0.05, 0.1) is 13.7 Å². The van der Waals surface area contributed by atoms with Gasteiger partial charge in [-0.25, -0.2) is 0 Å². The minimum atomic E-state index is -0.173. The van der Waals surface area contributed by atoms with Crippen molar-refractivity contribution in [3.05, 3.63) is 47.5 Å². The molecule has 2 fully saturated rings. The third-order valence-electron chi connectivity index (χ3n) is 7.90. The zero-order valence-electron chi connectivity index (χ0n) is 19.9. The van der Waals surface area contributed by atoms with E-state index in [1.807, 2.05) is 0 Å². The van der Waals surface area contributed by atoms with Gasteiger partial charge in [0, 0.05) is 24.7 Å². The number of aliphatic hydroxyl groups excluding tert-OH is 1. The standard InChI is InChI=1S/C28H40O4/c1-3-16-28(17-9-18-28)25(20-29)22-11-8-10-21(19-22)23-14-15-26(30)24(23)12-6-4-5-7-13-27(31)32-2/h4,6,8,10-11,19,23-25,29H,3,5,7,9,12-18,20H2,1-2H3/b6-4-/t23-,24-,25?/m1/s1. The summed E-state index contributed by atoms with van der Waals surface area (Å²) in [7, 11) is 1.41. The molecule has 0 spiro atoms. The fourth-order valence-corrected chi connectivity index (χ4v) is 5.99. The summed E-state index contributed by atoms with van der Waals surface area (Å²) in [6.07, 6.45) is 14.6. The number of Topliss-reactive ketones (excluding diaryl/α,β-unsaturated/α-hetero) is 1. The number of hydrogen-bond donors (Lipinski definition) is 1. The normalized spacial score (nSPS) is 23.3. The highest BCUT2D eigenvalue weighted by Crippen LogP contribution is 2.54. The Labute approximate surface area is 193 Å². The van der Waals surface area contributed by atoms with Gasteiger partial charge in [0.2, 0.25) is 0 Å². The molecule has 1 aromatic rings. The molecule has 2 aliphatic rings. The second-order valence-electron chi connectivity index (χ2n) is 9.76. The van der Waals surface area contributed by atoms with E-state index in [-0.39, 0.29) is 35.7 Å². The second kappa shape index (κ2) is 11.8. The number of rotatable bonds is 12. The van der Waals surface area contributed by atoms with Gasteiger partial charge in [-0.2, -0.15) is 0 Å². The van der Waals surface area contributed by atoms with Crippen molar-refractivity contribution in [2.75, 3.05) is 13.7 Å². The van der Waals surface area contributed by atoms with Crippen LogP contribution in [0, 0.1) is 11.3 Å². The van der Waals surface area contributed by atoms with E-state index < -0.39 is 0 Å². The van der Waals surface area contributed by atoms with E-state index in [1.165, 1.54) is 43.9 Å². The molecule has 0 aliphatic heterocycles. The monoisotopic (exact) mass is 440 g/mol. The number of methoxy groups -OCH3 is 1. The van der Waals surface area contributed by atoms with Crippen molar-refractivity contribution in [2.24, 2.45) is 11.3 Å². The summed E-state index contributed by atoms with van der Waals surface area (Å²) >= 11 is 0. The number of ether oxygens (including phenoxy) is 1. The van der Waals surface area contributed by atoms with Gasteiger partial charge in [-0.1, -0.05) is 56.2 Å². The van der Waals surface area contributed by atoms with Crippen molar-refractivity contribution in [3.8, 4) is 0 Å². The Balaban J connectivity index is 1.67. The van der Waals surface area contributed by atoms with Crippen LogP contribution >= 0.6 is 0 Å². The molecule has 0 bridgehead atoms. The van der Waals surface area contributed by atoms with Crippen LogP contribution in [0.3, 0.4) is 0 Å². The second-order valence-corrected chi connectivity index (χ2v) is 9.76. The predicted molar refractivity (Wildman–Crippen MR) is 128 cm³/mol. The molecule has 4 nitrogen and oxygen atoms in total. The molecule has 3 rings (SSSR count). The van der Waals surface area contributed by atoms with Crippen LogP contribution in [-0.2, 0) is 14.3 Å². The summed E-state index contributed by atoms with van der Waals surface area (Å²) in [4.78, 5) is 23.9. The zero-order chi connectivity index (χ0) is 23.0. The Morgan fingerprint density at radius 3 is 2.78 bits per heavy atom. The van der Waals surface area contributed by atoms with Crippen LogP contribution in [0.15, 0.2) is 36.4 Å². The number of esters is 1. The van der Waals surface area contributed by atoms with Gasteiger partial charge < -0.3 is 9.84 Å². The molecule has 4 heteroatoms. The molecule has 1 aromatic carbocycles. The number of ketones is 1. The van der Waals surface area contributed by atoms with Gasteiger partial charge in [0.1, 0.15) is 5.78 Å². The predicted octanol–water partition coefficient (Wildman–Crippen LogP) is 6.09. The number of aliphatic hydroxyl groups is 1. The average molecular weight is 441 g/mol. The van der Waals surface area contributed by atoms with Crippen LogP contribution in [0.5, 0.6) is 0 Å². The van der Waals surface area contributed by atoms with Gasteiger partial charge in [0.15, 0.2) is 0 Å². The average Bonchev–Trinajstić information content (AvgIpc) is 3.15. The lowest BCUT2D eigenvalue weighted by molar-refractivity contribution is -0.140. The summed E-state index contributed by atoms with van der Waals surface area (Å²) in [5.74, 6) is 0.669. The third-order valence-corrected chi connectivity index (χ3v) is 7.90. The van der Waals surface area contributed by atoms with Crippen LogP contribution in [0.25, 0.3) is 0 Å². The van der Waals surface area contributed by atoms with Crippen LogP contribution in [0.4, 0.5) is 0 Å². The minimum absolute atomic E-state index is 0.0305. The molecule has 1 unspecified atom stereocenters. The van der Waals surface area contributed by atoms with Gasteiger partial charge in [-0.3, -0.25) is 9.59 Å². The maximum absolute atomic E-state index is 12.6.